The Hall–Kier alpha value is -4.08. The molecule has 0 amide bonds. The lowest BCUT2D eigenvalue weighted by molar-refractivity contribution is 0.282. The first-order chi connectivity index (χ1) is 14.2. The Bertz CT molecular complexity index is 1280. The van der Waals surface area contributed by atoms with Crippen molar-refractivity contribution in [1.29, 1.82) is 5.26 Å². The molecule has 0 saturated carbocycles. The normalized spacial score (nSPS) is 11.0. The van der Waals surface area contributed by atoms with Crippen LogP contribution in [-0.2, 0) is 6.61 Å². The molecule has 0 unspecified atom stereocenters. The summed E-state index contributed by atoms with van der Waals surface area (Å²) >= 11 is 0. The number of phenolic OH excluding ortho intramolecular Hbond substituents is 1. The third-order valence-corrected chi connectivity index (χ3v) is 4.47. The molecule has 0 aliphatic heterocycles. The molecular formula is C23H16N4O2. The minimum absolute atomic E-state index is 0.0276. The molecule has 0 aliphatic carbocycles. The smallest absolute Gasteiger partial charge is 0.149 e. The zero-order chi connectivity index (χ0) is 20.2. The predicted octanol–water partition coefficient (Wildman–Crippen LogP) is 5.39. The fourth-order valence-electron chi connectivity index (χ4n) is 3.04. The average molecular weight is 380 g/mol. The first-order valence-electron chi connectivity index (χ1n) is 8.93. The molecule has 0 radical (unpaired) electrons. The molecule has 0 spiro atoms. The summed E-state index contributed by atoms with van der Waals surface area (Å²) in [6.45, 7) is -0.0708. The lowest BCUT2D eigenvalue weighted by atomic mass is 10.0. The summed E-state index contributed by atoms with van der Waals surface area (Å²) < 4.78 is 0. The minimum atomic E-state index is -0.0708. The van der Waals surface area contributed by atoms with Gasteiger partial charge in [-0.15, -0.1) is 0 Å². The number of phenols is 1. The number of nitriles is 1. The minimum Gasteiger partial charge on any atom is -0.507 e. The molecule has 0 bridgehead atoms. The maximum Gasteiger partial charge on any atom is 0.149 e. The second kappa shape index (κ2) is 7.89. The number of benzene rings is 3. The highest BCUT2D eigenvalue weighted by atomic mass is 16.3. The number of hydrogen-bond acceptors (Lipinski definition) is 6. The Kier molecular flexibility index (Phi) is 4.97. The van der Waals surface area contributed by atoms with Crippen molar-refractivity contribution < 1.29 is 10.2 Å². The summed E-state index contributed by atoms with van der Waals surface area (Å²) in [4.78, 5) is 4.40. The van der Waals surface area contributed by atoms with E-state index >= 15 is 0 Å². The molecule has 3 aromatic carbocycles. The van der Waals surface area contributed by atoms with Gasteiger partial charge in [0.2, 0.25) is 0 Å². The van der Waals surface area contributed by atoms with Gasteiger partial charge in [-0.3, -0.25) is 0 Å². The van der Waals surface area contributed by atoms with Crippen LogP contribution in [0.3, 0.4) is 0 Å². The molecule has 0 fully saturated rings. The Balaban J connectivity index is 1.77. The number of fused-ring (bicyclic) bond motifs is 1. The molecule has 29 heavy (non-hydrogen) atoms. The van der Waals surface area contributed by atoms with E-state index in [1.54, 1.807) is 36.4 Å². The molecule has 6 nitrogen and oxygen atoms in total. The van der Waals surface area contributed by atoms with Gasteiger partial charge in [-0.1, -0.05) is 30.3 Å². The van der Waals surface area contributed by atoms with Gasteiger partial charge in [0, 0.05) is 16.5 Å². The van der Waals surface area contributed by atoms with Crippen LogP contribution in [0, 0.1) is 11.3 Å². The van der Waals surface area contributed by atoms with Gasteiger partial charge in [-0.2, -0.15) is 15.5 Å². The zero-order valence-corrected chi connectivity index (χ0v) is 15.3. The van der Waals surface area contributed by atoms with Crippen LogP contribution in [0.15, 0.2) is 83.0 Å². The van der Waals surface area contributed by atoms with Crippen molar-refractivity contribution >= 4 is 22.3 Å². The van der Waals surface area contributed by atoms with Crippen molar-refractivity contribution in [3.63, 3.8) is 0 Å². The van der Waals surface area contributed by atoms with E-state index in [1.165, 1.54) is 6.07 Å². The number of hydrogen-bond donors (Lipinski definition) is 2. The maximum atomic E-state index is 10.4. The molecule has 4 aromatic rings. The van der Waals surface area contributed by atoms with Crippen molar-refractivity contribution in [2.45, 2.75) is 6.61 Å². The van der Waals surface area contributed by atoms with Crippen LogP contribution in [0.4, 0.5) is 11.4 Å². The van der Waals surface area contributed by atoms with E-state index < -0.39 is 0 Å². The first kappa shape index (κ1) is 18.3. The number of pyridine rings is 1. The van der Waals surface area contributed by atoms with E-state index in [0.717, 1.165) is 10.9 Å². The zero-order valence-electron chi connectivity index (χ0n) is 15.3. The molecule has 140 valence electrons. The lowest BCUT2D eigenvalue weighted by Gasteiger charge is -2.09. The van der Waals surface area contributed by atoms with E-state index in [2.05, 4.69) is 21.3 Å². The summed E-state index contributed by atoms with van der Waals surface area (Å²) in [5, 5.41) is 38.5. The van der Waals surface area contributed by atoms with Crippen molar-refractivity contribution in [1.82, 2.24) is 4.98 Å². The van der Waals surface area contributed by atoms with Gasteiger partial charge in [-0.05, 0) is 48.0 Å². The van der Waals surface area contributed by atoms with Crippen LogP contribution in [0.25, 0.3) is 22.0 Å². The van der Waals surface area contributed by atoms with Crippen LogP contribution >= 0.6 is 0 Å². The van der Waals surface area contributed by atoms with E-state index in [-0.39, 0.29) is 18.1 Å². The summed E-state index contributed by atoms with van der Waals surface area (Å²) in [7, 11) is 0. The highest BCUT2D eigenvalue weighted by Crippen LogP contribution is 2.36. The summed E-state index contributed by atoms with van der Waals surface area (Å²) in [6, 6.07) is 23.4. The molecule has 2 N–H and O–H groups in total. The van der Waals surface area contributed by atoms with Crippen LogP contribution in [0.1, 0.15) is 11.3 Å². The van der Waals surface area contributed by atoms with Gasteiger partial charge >= 0.3 is 0 Å². The number of azo groups is 1. The molecular weight excluding hydrogens is 364 g/mol. The van der Waals surface area contributed by atoms with E-state index in [1.807, 2.05) is 30.3 Å². The quantitative estimate of drug-likeness (QED) is 0.464. The molecule has 0 atom stereocenters. The third-order valence-electron chi connectivity index (χ3n) is 4.47. The van der Waals surface area contributed by atoms with Gasteiger partial charge in [0.15, 0.2) is 0 Å². The van der Waals surface area contributed by atoms with Crippen molar-refractivity contribution in [3.05, 3.63) is 84.1 Å². The van der Waals surface area contributed by atoms with E-state index in [0.29, 0.717) is 28.0 Å². The predicted molar refractivity (Wildman–Crippen MR) is 110 cm³/mol. The molecule has 6 heteroatoms. The van der Waals surface area contributed by atoms with Crippen LogP contribution in [-0.4, -0.2) is 15.2 Å². The molecule has 1 aromatic heterocycles. The number of para-hydroxylation sites is 1. The standard InChI is InChI=1S/C23H16N4O2/c24-13-22-19(11-16-5-1-2-7-21(16)25-22)20-12-18(8-9-23(20)29)27-26-17-6-3-4-15(10-17)14-28/h1-12,28-29H,14H2. The summed E-state index contributed by atoms with van der Waals surface area (Å²) in [6.07, 6.45) is 0. The van der Waals surface area contributed by atoms with Crippen molar-refractivity contribution in [2.75, 3.05) is 0 Å². The van der Waals surface area contributed by atoms with Gasteiger partial charge in [0.05, 0.1) is 23.5 Å². The number of aromatic hydroxyl groups is 1. The summed E-state index contributed by atoms with van der Waals surface area (Å²) in [5.41, 5.74) is 3.80. The maximum absolute atomic E-state index is 10.4. The van der Waals surface area contributed by atoms with Gasteiger partial charge in [-0.25, -0.2) is 4.98 Å². The number of nitrogens with zero attached hydrogens (tertiary/aromatic N) is 4. The lowest BCUT2D eigenvalue weighted by Crippen LogP contribution is -1.91. The molecule has 0 saturated heterocycles. The summed E-state index contributed by atoms with van der Waals surface area (Å²) in [5.74, 6) is 0.0276. The molecule has 0 aliphatic rings. The van der Waals surface area contributed by atoms with Gasteiger partial charge in [0.25, 0.3) is 0 Å². The highest BCUT2D eigenvalue weighted by molar-refractivity contribution is 5.88. The Morgan fingerprint density at radius 1 is 0.862 bits per heavy atom. The number of aromatic nitrogens is 1. The SMILES string of the molecule is N#Cc1nc2ccccc2cc1-c1cc(N=Nc2cccc(CO)c2)ccc1O. The largest absolute Gasteiger partial charge is 0.507 e. The average Bonchev–Trinajstić information content (AvgIpc) is 2.77. The van der Waals surface area contributed by atoms with E-state index in [9.17, 15) is 15.5 Å². The number of aliphatic hydroxyl groups is 1. The van der Waals surface area contributed by atoms with Crippen LogP contribution < -0.4 is 0 Å². The van der Waals surface area contributed by atoms with Crippen LogP contribution in [0.5, 0.6) is 5.75 Å². The molecule has 1 heterocycles. The second-order valence-corrected chi connectivity index (χ2v) is 6.42. The Morgan fingerprint density at radius 2 is 1.66 bits per heavy atom. The topological polar surface area (TPSA) is 102 Å². The Labute approximate surface area is 167 Å². The highest BCUT2D eigenvalue weighted by Gasteiger charge is 2.13. The molecule has 4 rings (SSSR count). The van der Waals surface area contributed by atoms with Crippen molar-refractivity contribution in [3.8, 4) is 22.9 Å². The Morgan fingerprint density at radius 3 is 2.45 bits per heavy atom. The van der Waals surface area contributed by atoms with E-state index in [4.69, 9.17) is 0 Å². The first-order valence-corrected chi connectivity index (χ1v) is 8.93. The number of rotatable bonds is 4. The second-order valence-electron chi connectivity index (χ2n) is 6.42. The number of aliphatic hydroxyl groups excluding tert-OH is 1. The fraction of sp³-hybridized carbons (Fsp3) is 0.0435. The van der Waals surface area contributed by atoms with Crippen molar-refractivity contribution in [2.24, 2.45) is 10.2 Å². The third kappa shape index (κ3) is 3.81. The van der Waals surface area contributed by atoms with Crippen LogP contribution in [0.2, 0.25) is 0 Å². The van der Waals surface area contributed by atoms with Gasteiger partial charge < -0.3 is 10.2 Å². The fourth-order valence-corrected chi connectivity index (χ4v) is 3.04. The monoisotopic (exact) mass is 380 g/mol. The van der Waals surface area contributed by atoms with Gasteiger partial charge in [0.1, 0.15) is 17.5 Å².